The van der Waals surface area contributed by atoms with Crippen LogP contribution in [0.5, 0.6) is 0 Å². The van der Waals surface area contributed by atoms with Crippen molar-refractivity contribution in [2.45, 2.75) is 4.90 Å². The van der Waals surface area contributed by atoms with Crippen LogP contribution < -0.4 is 0 Å². The van der Waals surface area contributed by atoms with E-state index >= 15 is 0 Å². The molecule has 1 radical (unpaired) electrons. The van der Waals surface area contributed by atoms with E-state index in [0.29, 0.717) is 0 Å². The van der Waals surface area contributed by atoms with Gasteiger partial charge in [-0.15, -0.1) is 0 Å². The Bertz CT molecular complexity index is 172. The van der Waals surface area contributed by atoms with Gasteiger partial charge in [0.1, 0.15) is 0 Å². The van der Waals surface area contributed by atoms with Crippen molar-refractivity contribution < 1.29 is 0 Å². The number of hydrogen-bond donors (Lipinski definition) is 1. The van der Waals surface area contributed by atoms with Gasteiger partial charge in [0.05, 0.1) is 0 Å². The average molecular weight is 140 g/mol. The first-order chi connectivity index (χ1) is 4.30. The fourth-order valence-corrected chi connectivity index (χ4v) is 1.24. The quantitative estimate of drug-likeness (QED) is 0.587. The van der Waals surface area contributed by atoms with Gasteiger partial charge in [-0.25, -0.2) is 10.9 Å². The Morgan fingerprint density at radius 2 is 2.00 bits per heavy atom. The van der Waals surface area contributed by atoms with Crippen LogP contribution in [0.3, 0.4) is 0 Å². The van der Waals surface area contributed by atoms with Gasteiger partial charge in [0.2, 0.25) is 0 Å². The molecule has 0 fully saturated rings. The summed E-state index contributed by atoms with van der Waals surface area (Å²) in [6, 6.07) is 4.03. The van der Waals surface area contributed by atoms with Crippen LogP contribution in [-0.2, 0) is 0 Å². The molecule has 0 amide bonds. The van der Waals surface area contributed by atoms with E-state index in [4.69, 9.17) is 0 Å². The molecule has 0 saturated carbocycles. The Morgan fingerprint density at radius 3 is 2.33 bits per heavy atom. The minimum atomic E-state index is -0.186. The minimum Gasteiger partial charge on any atom is -0.265 e. The number of rotatable bonds is 1. The van der Waals surface area contributed by atoms with E-state index in [1.54, 1.807) is 12.4 Å². The van der Waals surface area contributed by atoms with E-state index in [9.17, 15) is 0 Å². The molecule has 0 spiro atoms. The summed E-state index contributed by atoms with van der Waals surface area (Å²) in [4.78, 5) is 5.22. The number of thiol groups is 1. The summed E-state index contributed by atoms with van der Waals surface area (Å²) < 4.78 is 0. The lowest BCUT2D eigenvalue weighted by Crippen LogP contribution is -1.74. The lowest BCUT2D eigenvalue weighted by molar-refractivity contribution is 1.26. The largest absolute Gasteiger partial charge is 0.265 e. The fraction of sp³-hybridized carbons (Fsp3) is 0.143. The minimum absolute atomic E-state index is 0.186. The molecule has 0 aromatic carbocycles. The van der Waals surface area contributed by atoms with Crippen LogP contribution in [0.4, 0.5) is 0 Å². The highest BCUT2D eigenvalue weighted by molar-refractivity contribution is 8.17. The standard InChI is InChI=1S/C7H10NS/c1-9(2)7-3-5-8-6-4-7/h3-6,9H,1H2,2H3. The Balaban J connectivity index is 2.85. The first kappa shape index (κ1) is 6.62. The van der Waals surface area contributed by atoms with Crippen LogP contribution in [0, 0.1) is 6.26 Å². The van der Waals surface area contributed by atoms with Gasteiger partial charge in [0.15, 0.2) is 0 Å². The SMILES string of the molecule is [CH2][SH](C)c1ccncc1. The van der Waals surface area contributed by atoms with Gasteiger partial charge in [0, 0.05) is 12.4 Å². The van der Waals surface area contributed by atoms with Crippen molar-refractivity contribution in [2.24, 2.45) is 0 Å². The molecule has 0 aliphatic rings. The molecule has 1 atom stereocenters. The Morgan fingerprint density at radius 1 is 1.44 bits per heavy atom. The third-order valence-corrected chi connectivity index (χ3v) is 2.28. The highest BCUT2D eigenvalue weighted by Crippen LogP contribution is 2.28. The molecule has 2 heteroatoms. The maximum absolute atomic E-state index is 3.95. The van der Waals surface area contributed by atoms with E-state index in [1.807, 2.05) is 12.1 Å². The zero-order valence-electron chi connectivity index (χ0n) is 5.41. The predicted molar refractivity (Wildman–Crippen MR) is 42.8 cm³/mol. The van der Waals surface area contributed by atoms with Crippen LogP contribution in [0.2, 0.25) is 0 Å². The predicted octanol–water partition coefficient (Wildman–Crippen LogP) is 1.86. The van der Waals surface area contributed by atoms with Crippen LogP contribution in [-0.4, -0.2) is 11.2 Å². The molecular weight excluding hydrogens is 130 g/mol. The van der Waals surface area contributed by atoms with Crippen molar-refractivity contribution in [2.75, 3.05) is 6.26 Å². The van der Waals surface area contributed by atoms with Gasteiger partial charge in [-0.2, -0.15) is 0 Å². The summed E-state index contributed by atoms with van der Waals surface area (Å²) >= 11 is 0. The second-order valence-corrected chi connectivity index (χ2v) is 3.82. The van der Waals surface area contributed by atoms with Crippen LogP contribution in [0.1, 0.15) is 0 Å². The average Bonchev–Trinajstić information content (AvgIpc) is 1.90. The molecule has 1 heterocycles. The number of aromatic nitrogens is 1. The molecule has 1 rings (SSSR count). The number of nitrogens with zero attached hydrogens (tertiary/aromatic N) is 1. The van der Waals surface area contributed by atoms with Crippen molar-refractivity contribution >= 4 is 10.9 Å². The van der Waals surface area contributed by atoms with Crippen molar-refractivity contribution in [1.82, 2.24) is 4.98 Å². The third-order valence-electron chi connectivity index (χ3n) is 1.10. The molecule has 0 aliphatic carbocycles. The van der Waals surface area contributed by atoms with Crippen molar-refractivity contribution in [3.63, 3.8) is 0 Å². The Labute approximate surface area is 58.5 Å². The molecule has 0 N–H and O–H groups in total. The first-order valence-electron chi connectivity index (χ1n) is 2.75. The molecule has 0 saturated heterocycles. The summed E-state index contributed by atoms with van der Waals surface area (Å²) in [6.07, 6.45) is 9.69. The van der Waals surface area contributed by atoms with E-state index < -0.39 is 0 Å². The highest BCUT2D eigenvalue weighted by atomic mass is 32.2. The van der Waals surface area contributed by atoms with Gasteiger partial charge >= 0.3 is 0 Å². The van der Waals surface area contributed by atoms with E-state index in [0.717, 1.165) is 0 Å². The number of pyridine rings is 1. The summed E-state index contributed by atoms with van der Waals surface area (Å²) in [5.74, 6) is 0. The summed E-state index contributed by atoms with van der Waals surface area (Å²) in [6.45, 7) is 0. The second-order valence-electron chi connectivity index (χ2n) is 1.90. The monoisotopic (exact) mass is 140 g/mol. The zero-order chi connectivity index (χ0) is 6.69. The Kier molecular flexibility index (Phi) is 2.11. The molecule has 1 aromatic rings. The molecule has 0 bridgehead atoms. The molecule has 0 aliphatic heterocycles. The van der Waals surface area contributed by atoms with E-state index in [-0.39, 0.29) is 10.9 Å². The molecule has 1 aromatic heterocycles. The van der Waals surface area contributed by atoms with Crippen molar-refractivity contribution in [3.05, 3.63) is 30.8 Å². The Hall–Kier alpha value is -0.500. The van der Waals surface area contributed by atoms with Crippen molar-refractivity contribution in [1.29, 1.82) is 0 Å². The smallest absolute Gasteiger partial charge is 0.0278 e. The van der Waals surface area contributed by atoms with Gasteiger partial charge in [0.25, 0.3) is 0 Å². The summed E-state index contributed by atoms with van der Waals surface area (Å²) in [7, 11) is -0.186. The maximum atomic E-state index is 3.95. The lowest BCUT2D eigenvalue weighted by Gasteiger charge is -2.06. The van der Waals surface area contributed by atoms with Gasteiger partial charge in [-0.3, -0.25) is 4.98 Å². The molecule has 1 nitrogen and oxygen atoms in total. The van der Waals surface area contributed by atoms with Gasteiger partial charge in [-0.1, -0.05) is 0 Å². The van der Waals surface area contributed by atoms with E-state index in [2.05, 4.69) is 17.5 Å². The fourth-order valence-electron chi connectivity index (χ4n) is 0.599. The summed E-state index contributed by atoms with van der Waals surface area (Å²) in [5, 5.41) is 0. The lowest BCUT2D eigenvalue weighted by atomic mass is 10.5. The number of hydrogen-bond acceptors (Lipinski definition) is 1. The van der Waals surface area contributed by atoms with Crippen LogP contribution in [0.25, 0.3) is 0 Å². The molecular formula is C7H10NS. The third kappa shape index (κ3) is 1.72. The van der Waals surface area contributed by atoms with Gasteiger partial charge in [-0.05, 0) is 29.5 Å². The normalized spacial score (nSPS) is 11.1. The molecule has 1 unspecified atom stereocenters. The maximum Gasteiger partial charge on any atom is 0.0278 e. The molecule has 49 valence electrons. The first-order valence-corrected chi connectivity index (χ1v) is 4.72. The van der Waals surface area contributed by atoms with Crippen molar-refractivity contribution in [3.8, 4) is 0 Å². The van der Waals surface area contributed by atoms with Crippen LogP contribution >= 0.6 is 10.9 Å². The second kappa shape index (κ2) is 2.87. The highest BCUT2D eigenvalue weighted by Gasteiger charge is 1.89. The summed E-state index contributed by atoms with van der Waals surface area (Å²) in [5.41, 5.74) is 0. The topological polar surface area (TPSA) is 12.9 Å². The van der Waals surface area contributed by atoms with Crippen LogP contribution in [0.15, 0.2) is 29.4 Å². The van der Waals surface area contributed by atoms with E-state index in [1.165, 1.54) is 4.90 Å². The zero-order valence-corrected chi connectivity index (χ0v) is 6.31. The molecule has 9 heavy (non-hydrogen) atoms. The van der Waals surface area contributed by atoms with Gasteiger partial charge < -0.3 is 0 Å².